The van der Waals surface area contributed by atoms with E-state index >= 15 is 0 Å². The van der Waals surface area contributed by atoms with Gasteiger partial charge in [0.1, 0.15) is 0 Å². The van der Waals surface area contributed by atoms with E-state index in [1.54, 1.807) is 6.92 Å². The average molecular weight is 200 g/mol. The van der Waals surface area contributed by atoms with Crippen molar-refractivity contribution in [2.24, 2.45) is 5.73 Å². The van der Waals surface area contributed by atoms with Gasteiger partial charge in [-0.1, -0.05) is 6.58 Å². The molecule has 0 fully saturated rings. The molecule has 0 aliphatic rings. The Morgan fingerprint density at radius 2 is 2.29 bits per heavy atom. The van der Waals surface area contributed by atoms with E-state index in [2.05, 4.69) is 11.9 Å². The van der Waals surface area contributed by atoms with E-state index in [0.717, 1.165) is 0 Å². The van der Waals surface area contributed by atoms with Gasteiger partial charge in [0.2, 0.25) is 0 Å². The van der Waals surface area contributed by atoms with Crippen molar-refractivity contribution < 1.29 is 9.90 Å². The Kier molecular flexibility index (Phi) is 7.28. The van der Waals surface area contributed by atoms with Gasteiger partial charge in [-0.3, -0.25) is 4.79 Å². The Morgan fingerprint density at radius 3 is 2.79 bits per heavy atom. The van der Waals surface area contributed by atoms with E-state index < -0.39 is 6.10 Å². The molecular formula is C10H20N2O2. The number of aliphatic hydroxyl groups excluding tert-OH is 1. The normalized spacial score (nSPS) is 12.5. The van der Waals surface area contributed by atoms with Gasteiger partial charge in [-0.2, -0.15) is 0 Å². The van der Waals surface area contributed by atoms with Crippen molar-refractivity contribution in [1.82, 2.24) is 5.32 Å². The quantitative estimate of drug-likeness (QED) is 0.375. The number of Topliss-reactive ketones (excluding diaryl/α,β-unsaturated/α-hetero) is 1. The third kappa shape index (κ3) is 6.77. The minimum absolute atomic E-state index is 0.0166. The fourth-order valence-electron chi connectivity index (χ4n) is 0.984. The monoisotopic (exact) mass is 200 g/mol. The number of rotatable bonds is 8. The van der Waals surface area contributed by atoms with Crippen LogP contribution in [0.5, 0.6) is 0 Å². The lowest BCUT2D eigenvalue weighted by molar-refractivity contribution is -0.116. The van der Waals surface area contributed by atoms with Crippen LogP contribution in [0.15, 0.2) is 12.2 Å². The molecule has 0 aromatic rings. The van der Waals surface area contributed by atoms with Crippen molar-refractivity contribution in [3.8, 4) is 0 Å². The summed E-state index contributed by atoms with van der Waals surface area (Å²) >= 11 is 0. The molecule has 14 heavy (non-hydrogen) atoms. The maximum absolute atomic E-state index is 11.1. The van der Waals surface area contributed by atoms with Gasteiger partial charge in [0.05, 0.1) is 6.10 Å². The second-order valence-corrected chi connectivity index (χ2v) is 3.39. The van der Waals surface area contributed by atoms with Crippen LogP contribution in [0.3, 0.4) is 0 Å². The van der Waals surface area contributed by atoms with Crippen LogP contribution >= 0.6 is 0 Å². The molecule has 0 saturated carbocycles. The Bertz CT molecular complexity index is 193. The summed E-state index contributed by atoms with van der Waals surface area (Å²) in [6, 6.07) is 0. The highest BCUT2D eigenvalue weighted by Gasteiger charge is 2.07. The number of ketones is 1. The average Bonchev–Trinajstić information content (AvgIpc) is 2.14. The Morgan fingerprint density at radius 1 is 1.64 bits per heavy atom. The second-order valence-electron chi connectivity index (χ2n) is 3.39. The number of carbonyl (C=O) groups excluding carboxylic acids is 1. The third-order valence-electron chi connectivity index (χ3n) is 1.88. The van der Waals surface area contributed by atoms with Gasteiger partial charge >= 0.3 is 0 Å². The smallest absolute Gasteiger partial charge is 0.158 e. The molecule has 0 saturated heterocycles. The fourth-order valence-corrected chi connectivity index (χ4v) is 0.984. The zero-order valence-corrected chi connectivity index (χ0v) is 8.75. The van der Waals surface area contributed by atoms with Gasteiger partial charge in [0.15, 0.2) is 5.78 Å². The SMILES string of the molecule is C=C(C)C(=O)CCC(O)CNCCN. The van der Waals surface area contributed by atoms with Crippen molar-refractivity contribution in [2.45, 2.75) is 25.9 Å². The number of carbonyl (C=O) groups is 1. The summed E-state index contributed by atoms with van der Waals surface area (Å²) in [5.74, 6) is 0.0166. The molecule has 0 rings (SSSR count). The predicted molar refractivity (Wildman–Crippen MR) is 57.0 cm³/mol. The minimum atomic E-state index is -0.482. The van der Waals surface area contributed by atoms with Gasteiger partial charge in [-0.25, -0.2) is 0 Å². The topological polar surface area (TPSA) is 75.3 Å². The molecule has 0 aromatic carbocycles. The fraction of sp³-hybridized carbons (Fsp3) is 0.700. The van der Waals surface area contributed by atoms with Crippen LogP contribution in [0.25, 0.3) is 0 Å². The Hall–Kier alpha value is -0.710. The minimum Gasteiger partial charge on any atom is -0.392 e. The van der Waals surface area contributed by atoms with Crippen LogP contribution in [-0.2, 0) is 4.79 Å². The van der Waals surface area contributed by atoms with Gasteiger partial charge < -0.3 is 16.2 Å². The molecule has 0 heterocycles. The summed E-state index contributed by atoms with van der Waals surface area (Å²) in [5.41, 5.74) is 5.82. The standard InChI is InChI=1S/C10H20N2O2/c1-8(2)10(14)4-3-9(13)7-12-6-5-11/h9,12-13H,1,3-7,11H2,2H3. The summed E-state index contributed by atoms with van der Waals surface area (Å²) < 4.78 is 0. The summed E-state index contributed by atoms with van der Waals surface area (Å²) in [5, 5.41) is 12.4. The molecule has 4 nitrogen and oxygen atoms in total. The first-order chi connectivity index (χ1) is 6.57. The maximum atomic E-state index is 11.1. The van der Waals surface area contributed by atoms with Gasteiger partial charge in [-0.15, -0.1) is 0 Å². The summed E-state index contributed by atoms with van der Waals surface area (Å²) in [6.07, 6.45) is 0.356. The summed E-state index contributed by atoms with van der Waals surface area (Å²) in [4.78, 5) is 11.1. The van der Waals surface area contributed by atoms with Crippen molar-refractivity contribution in [3.05, 3.63) is 12.2 Å². The zero-order valence-electron chi connectivity index (χ0n) is 8.75. The van der Waals surface area contributed by atoms with E-state index in [4.69, 9.17) is 5.73 Å². The van der Waals surface area contributed by atoms with E-state index in [9.17, 15) is 9.90 Å². The lowest BCUT2D eigenvalue weighted by Gasteiger charge is -2.10. The molecule has 82 valence electrons. The first-order valence-corrected chi connectivity index (χ1v) is 4.85. The molecule has 1 atom stereocenters. The number of hydrogen-bond acceptors (Lipinski definition) is 4. The highest BCUT2D eigenvalue weighted by molar-refractivity contribution is 5.94. The van der Waals surface area contributed by atoms with Crippen LogP contribution in [0.1, 0.15) is 19.8 Å². The van der Waals surface area contributed by atoms with Gasteiger partial charge in [0.25, 0.3) is 0 Å². The molecule has 0 bridgehead atoms. The van der Waals surface area contributed by atoms with Crippen molar-refractivity contribution in [2.75, 3.05) is 19.6 Å². The van der Waals surface area contributed by atoms with E-state index in [-0.39, 0.29) is 5.78 Å². The van der Waals surface area contributed by atoms with Gasteiger partial charge in [0, 0.05) is 26.1 Å². The Labute approximate surface area is 85.2 Å². The van der Waals surface area contributed by atoms with Crippen molar-refractivity contribution in [3.63, 3.8) is 0 Å². The van der Waals surface area contributed by atoms with Crippen LogP contribution < -0.4 is 11.1 Å². The number of nitrogens with two attached hydrogens (primary N) is 1. The number of hydrogen-bond donors (Lipinski definition) is 3. The molecule has 1 unspecified atom stereocenters. The maximum Gasteiger partial charge on any atom is 0.158 e. The molecule has 4 heteroatoms. The Balaban J connectivity index is 3.48. The van der Waals surface area contributed by atoms with Crippen molar-refractivity contribution in [1.29, 1.82) is 0 Å². The zero-order chi connectivity index (χ0) is 11.0. The second kappa shape index (κ2) is 7.67. The van der Waals surface area contributed by atoms with Crippen LogP contribution in [0.2, 0.25) is 0 Å². The molecule has 0 aliphatic carbocycles. The van der Waals surface area contributed by atoms with E-state index in [0.29, 0.717) is 38.0 Å². The first kappa shape index (κ1) is 13.3. The number of allylic oxidation sites excluding steroid dienone is 1. The highest BCUT2D eigenvalue weighted by Crippen LogP contribution is 2.02. The molecule has 0 amide bonds. The van der Waals surface area contributed by atoms with Gasteiger partial charge in [-0.05, 0) is 18.9 Å². The number of aliphatic hydroxyl groups is 1. The molecule has 0 spiro atoms. The van der Waals surface area contributed by atoms with E-state index in [1.807, 2.05) is 0 Å². The summed E-state index contributed by atoms with van der Waals surface area (Å²) in [7, 11) is 0. The molecular weight excluding hydrogens is 180 g/mol. The van der Waals surface area contributed by atoms with E-state index in [1.165, 1.54) is 0 Å². The number of nitrogens with one attached hydrogen (secondary N) is 1. The van der Waals surface area contributed by atoms with Crippen LogP contribution in [0.4, 0.5) is 0 Å². The highest BCUT2D eigenvalue weighted by atomic mass is 16.3. The third-order valence-corrected chi connectivity index (χ3v) is 1.88. The molecule has 0 aliphatic heterocycles. The van der Waals surface area contributed by atoms with Crippen LogP contribution in [0, 0.1) is 0 Å². The first-order valence-electron chi connectivity index (χ1n) is 4.85. The summed E-state index contributed by atoms with van der Waals surface area (Å²) in [6.45, 7) is 6.95. The predicted octanol–water partition coefficient (Wildman–Crippen LogP) is -0.179. The molecule has 0 radical (unpaired) electrons. The lowest BCUT2D eigenvalue weighted by atomic mass is 10.1. The van der Waals surface area contributed by atoms with Crippen LogP contribution in [-0.4, -0.2) is 36.6 Å². The largest absolute Gasteiger partial charge is 0.392 e. The molecule has 0 aromatic heterocycles. The molecule has 4 N–H and O–H groups in total. The lowest BCUT2D eigenvalue weighted by Crippen LogP contribution is -2.31. The van der Waals surface area contributed by atoms with Crippen molar-refractivity contribution >= 4 is 5.78 Å².